The van der Waals surface area contributed by atoms with E-state index in [1.807, 2.05) is 0 Å². The van der Waals surface area contributed by atoms with Gasteiger partial charge in [-0.1, -0.05) is 141 Å². The molecule has 2 heteroatoms. The van der Waals surface area contributed by atoms with Gasteiger partial charge in [0.05, 0.1) is 5.41 Å². The molecule has 0 radical (unpaired) electrons. The number of halogens is 2. The van der Waals surface area contributed by atoms with Crippen LogP contribution in [-0.4, -0.2) is 0 Å². The van der Waals surface area contributed by atoms with Crippen LogP contribution in [0.25, 0.3) is 54.9 Å². The Morgan fingerprint density at radius 2 is 0.829 bits per heavy atom. The monoisotopic (exact) mass is 648 g/mol. The minimum atomic E-state index is -0.535. The highest BCUT2D eigenvalue weighted by Gasteiger charge is 2.51. The van der Waals surface area contributed by atoms with Crippen molar-refractivity contribution in [3.8, 4) is 33.4 Å². The maximum atomic E-state index is 3.90. The number of hydrogen-bond acceptors (Lipinski definition) is 0. The Balaban J connectivity index is 1.64. The third-order valence-electron chi connectivity index (χ3n) is 9.19. The van der Waals surface area contributed by atoms with Crippen molar-refractivity contribution < 1.29 is 0 Å². The molecule has 0 nitrogen and oxygen atoms in total. The van der Waals surface area contributed by atoms with E-state index in [1.165, 1.54) is 77.2 Å². The first kappa shape index (κ1) is 23.7. The second-order valence-electron chi connectivity index (χ2n) is 11.1. The summed E-state index contributed by atoms with van der Waals surface area (Å²) in [6, 6.07) is 49.7. The van der Waals surface area contributed by atoms with Crippen molar-refractivity contribution in [2.75, 3.05) is 0 Å². The standard InChI is InChI=1S/C39H22Br2/c40-23-17-19-29-25-9-1-2-10-26(25)30-20-18-24(41)22-36(30)39(35(29)21-23)34-16-8-7-15-33(34)37-31-13-5-3-11-27(31)28-12-4-6-14-32(28)38(37)39/h1-22H. The van der Waals surface area contributed by atoms with Crippen LogP contribution in [0.5, 0.6) is 0 Å². The van der Waals surface area contributed by atoms with Crippen molar-refractivity contribution in [3.05, 3.63) is 165 Å². The van der Waals surface area contributed by atoms with Crippen LogP contribution in [0.3, 0.4) is 0 Å². The van der Waals surface area contributed by atoms with Crippen molar-refractivity contribution in [1.82, 2.24) is 0 Å². The molecule has 1 spiro atoms. The molecule has 0 aliphatic heterocycles. The SMILES string of the molecule is Brc1ccc2c(c1)C1(c3cc(Br)ccc3-c3ccccc3-2)c2ccccc2-c2c1c1ccccc1c1ccccc21. The van der Waals surface area contributed by atoms with E-state index in [0.29, 0.717) is 0 Å². The first-order chi connectivity index (χ1) is 20.2. The second-order valence-corrected chi connectivity index (χ2v) is 12.9. The summed E-state index contributed by atoms with van der Waals surface area (Å²) < 4.78 is 2.17. The van der Waals surface area contributed by atoms with Gasteiger partial charge in [-0.25, -0.2) is 0 Å². The molecule has 0 saturated heterocycles. The van der Waals surface area contributed by atoms with Crippen LogP contribution in [0.2, 0.25) is 0 Å². The van der Waals surface area contributed by atoms with Gasteiger partial charge in [-0.2, -0.15) is 0 Å². The summed E-state index contributed by atoms with van der Waals surface area (Å²) in [4.78, 5) is 0. The fourth-order valence-electron chi connectivity index (χ4n) is 7.75. The van der Waals surface area contributed by atoms with Crippen LogP contribution < -0.4 is 0 Å². The number of hydrogen-bond donors (Lipinski definition) is 0. The maximum Gasteiger partial charge on any atom is 0.0732 e. The van der Waals surface area contributed by atoms with Gasteiger partial charge in [0.15, 0.2) is 0 Å². The van der Waals surface area contributed by atoms with Gasteiger partial charge in [-0.05, 0) is 101 Å². The van der Waals surface area contributed by atoms with E-state index in [1.54, 1.807) is 0 Å². The molecule has 0 saturated carbocycles. The van der Waals surface area contributed by atoms with E-state index in [0.717, 1.165) is 8.95 Å². The molecular formula is C39H22Br2. The topological polar surface area (TPSA) is 0 Å². The van der Waals surface area contributed by atoms with Gasteiger partial charge >= 0.3 is 0 Å². The van der Waals surface area contributed by atoms with Gasteiger partial charge in [-0.3, -0.25) is 0 Å². The van der Waals surface area contributed by atoms with Crippen molar-refractivity contribution in [2.45, 2.75) is 5.41 Å². The molecule has 0 amide bonds. The lowest BCUT2D eigenvalue weighted by atomic mass is 9.65. The predicted molar refractivity (Wildman–Crippen MR) is 179 cm³/mol. The Labute approximate surface area is 255 Å². The number of fused-ring (bicyclic) bond motifs is 17. The van der Waals surface area contributed by atoms with E-state index in [2.05, 4.69) is 165 Å². The van der Waals surface area contributed by atoms with Crippen molar-refractivity contribution >= 4 is 53.4 Å². The van der Waals surface area contributed by atoms with E-state index >= 15 is 0 Å². The zero-order valence-corrected chi connectivity index (χ0v) is 25.1. The zero-order chi connectivity index (χ0) is 27.3. The number of benzene rings is 7. The molecule has 0 N–H and O–H groups in total. The van der Waals surface area contributed by atoms with E-state index < -0.39 is 5.41 Å². The molecular weight excluding hydrogens is 628 g/mol. The molecule has 0 heterocycles. The van der Waals surface area contributed by atoms with E-state index in [9.17, 15) is 0 Å². The molecule has 0 aromatic heterocycles. The van der Waals surface area contributed by atoms with Crippen LogP contribution in [0.4, 0.5) is 0 Å². The zero-order valence-electron chi connectivity index (χ0n) is 22.0. The summed E-state index contributed by atoms with van der Waals surface area (Å²) in [5.74, 6) is 0. The van der Waals surface area contributed by atoms with Crippen LogP contribution >= 0.6 is 31.9 Å². The lowest BCUT2D eigenvalue weighted by Gasteiger charge is -2.36. The van der Waals surface area contributed by atoms with Gasteiger partial charge in [0.2, 0.25) is 0 Å². The summed E-state index contributed by atoms with van der Waals surface area (Å²) in [6.45, 7) is 0. The molecule has 192 valence electrons. The smallest absolute Gasteiger partial charge is 0.0619 e. The fourth-order valence-corrected chi connectivity index (χ4v) is 8.48. The maximum absolute atomic E-state index is 3.90. The average molecular weight is 650 g/mol. The van der Waals surface area contributed by atoms with Gasteiger partial charge < -0.3 is 0 Å². The number of rotatable bonds is 0. The van der Waals surface area contributed by atoms with Gasteiger partial charge in [0.1, 0.15) is 0 Å². The van der Waals surface area contributed by atoms with Crippen LogP contribution in [0, 0.1) is 0 Å². The first-order valence-electron chi connectivity index (χ1n) is 13.9. The largest absolute Gasteiger partial charge is 0.0732 e. The molecule has 0 unspecified atom stereocenters. The molecule has 41 heavy (non-hydrogen) atoms. The molecule has 0 atom stereocenters. The third kappa shape index (κ3) is 2.99. The molecule has 0 fully saturated rings. The van der Waals surface area contributed by atoms with Gasteiger partial charge in [0, 0.05) is 8.95 Å². The molecule has 0 bridgehead atoms. The Hall–Kier alpha value is -3.98. The average Bonchev–Trinajstić information content (AvgIpc) is 3.28. The van der Waals surface area contributed by atoms with Crippen LogP contribution in [0.15, 0.2) is 142 Å². The third-order valence-corrected chi connectivity index (χ3v) is 10.2. The van der Waals surface area contributed by atoms with E-state index in [4.69, 9.17) is 0 Å². The highest BCUT2D eigenvalue weighted by Crippen LogP contribution is 2.64. The highest BCUT2D eigenvalue weighted by atomic mass is 79.9. The summed E-state index contributed by atoms with van der Waals surface area (Å²) in [6.07, 6.45) is 0. The minimum Gasteiger partial charge on any atom is -0.0619 e. The molecule has 9 rings (SSSR count). The quantitative estimate of drug-likeness (QED) is 0.143. The molecule has 7 aromatic carbocycles. The second kappa shape index (κ2) is 8.52. The molecule has 7 aromatic rings. The summed E-state index contributed by atoms with van der Waals surface area (Å²) in [7, 11) is 0. The first-order valence-corrected chi connectivity index (χ1v) is 15.5. The fraction of sp³-hybridized carbons (Fsp3) is 0.0256. The minimum absolute atomic E-state index is 0.535. The Kier molecular flexibility index (Phi) is 4.92. The Morgan fingerprint density at radius 1 is 0.366 bits per heavy atom. The van der Waals surface area contributed by atoms with Gasteiger partial charge in [0.25, 0.3) is 0 Å². The lowest BCUT2D eigenvalue weighted by Crippen LogP contribution is -2.29. The normalized spacial score (nSPS) is 13.8. The lowest BCUT2D eigenvalue weighted by molar-refractivity contribution is 0.781. The summed E-state index contributed by atoms with van der Waals surface area (Å²) in [5.41, 5.74) is 12.5. The highest BCUT2D eigenvalue weighted by molar-refractivity contribution is 9.10. The van der Waals surface area contributed by atoms with Crippen molar-refractivity contribution in [1.29, 1.82) is 0 Å². The van der Waals surface area contributed by atoms with Crippen LogP contribution in [0.1, 0.15) is 22.3 Å². The summed E-state index contributed by atoms with van der Waals surface area (Å²) in [5, 5.41) is 5.21. The van der Waals surface area contributed by atoms with Crippen LogP contribution in [-0.2, 0) is 5.41 Å². The summed E-state index contributed by atoms with van der Waals surface area (Å²) >= 11 is 7.80. The van der Waals surface area contributed by atoms with Crippen molar-refractivity contribution in [2.24, 2.45) is 0 Å². The molecule has 2 aliphatic rings. The molecule has 2 aliphatic carbocycles. The van der Waals surface area contributed by atoms with Crippen molar-refractivity contribution in [3.63, 3.8) is 0 Å². The Bertz CT molecular complexity index is 2170. The van der Waals surface area contributed by atoms with Gasteiger partial charge in [-0.15, -0.1) is 0 Å². The predicted octanol–water partition coefficient (Wildman–Crippen LogP) is 11.5. The Morgan fingerprint density at radius 3 is 1.44 bits per heavy atom. The van der Waals surface area contributed by atoms with E-state index in [-0.39, 0.29) is 0 Å².